The number of hydrogen-bond donors (Lipinski definition) is 4. The van der Waals surface area contributed by atoms with Gasteiger partial charge in [-0.15, -0.1) is 20.4 Å². The van der Waals surface area contributed by atoms with E-state index in [9.17, 15) is 24.0 Å². The average molecular weight is 1590 g/mol. The number of rotatable bonds is 21. The lowest BCUT2D eigenvalue weighted by Crippen LogP contribution is -2.12. The number of amides is 5. The van der Waals surface area contributed by atoms with Gasteiger partial charge in [0.15, 0.2) is 23.0 Å². The highest BCUT2D eigenvalue weighted by molar-refractivity contribution is 6.40. The van der Waals surface area contributed by atoms with Crippen LogP contribution in [0.3, 0.4) is 0 Å². The third-order valence-corrected chi connectivity index (χ3v) is 15.6. The standard InChI is InChI=1S/4C16H13Cl2N5O2.C3H7NO/c4*1-2-25-15-13(17)7-10(8-14(15)18)16(24)20-11-3-5-12(6-4-11)23-9-19-21-22-23;1-4(2)3-5/h4*3-9H,2H2,1H3,(H,20,24);3H,1-2H3. The molecule has 0 unspecified atom stereocenters. The first-order valence-electron chi connectivity index (χ1n) is 30.8. The fourth-order valence-corrected chi connectivity index (χ4v) is 11.0. The Balaban J connectivity index is 0.000000173. The molecule has 4 aromatic heterocycles. The Morgan fingerprint density at radius 1 is 0.343 bits per heavy atom. The molecule has 5 amide bonds. The molecule has 0 spiro atoms. The van der Waals surface area contributed by atoms with Gasteiger partial charge in [0, 0.05) is 59.1 Å². The van der Waals surface area contributed by atoms with Crippen LogP contribution in [-0.2, 0) is 4.79 Å². The Morgan fingerprint density at radius 3 is 0.648 bits per heavy atom. The van der Waals surface area contributed by atoms with Gasteiger partial charge in [0.25, 0.3) is 23.6 Å². The molecular formula is C67H59Cl8N21O9. The monoisotopic (exact) mass is 1580 g/mol. The highest BCUT2D eigenvalue weighted by Gasteiger charge is 2.19. The summed E-state index contributed by atoms with van der Waals surface area (Å²) >= 11 is 49.0. The van der Waals surface area contributed by atoms with Gasteiger partial charge < -0.3 is 45.1 Å². The van der Waals surface area contributed by atoms with Crippen molar-refractivity contribution < 1.29 is 42.9 Å². The quantitative estimate of drug-likeness (QED) is 0.0485. The molecule has 0 aliphatic heterocycles. The van der Waals surface area contributed by atoms with E-state index in [0.29, 0.717) is 94.4 Å². The van der Waals surface area contributed by atoms with Crippen LogP contribution in [0.25, 0.3) is 22.7 Å². The summed E-state index contributed by atoms with van der Waals surface area (Å²) in [6.07, 6.45) is 6.68. The molecule has 0 saturated carbocycles. The summed E-state index contributed by atoms with van der Waals surface area (Å²) in [7, 11) is 3.38. The molecule has 0 saturated heterocycles. The summed E-state index contributed by atoms with van der Waals surface area (Å²) in [5.74, 6) is 0.149. The number of nitrogens with one attached hydrogen (secondary N) is 4. The van der Waals surface area contributed by atoms with E-state index in [1.165, 1.54) is 97.5 Å². The lowest BCUT2D eigenvalue weighted by molar-refractivity contribution is -0.115. The van der Waals surface area contributed by atoms with Crippen molar-refractivity contribution in [2.45, 2.75) is 27.7 Å². The number of carbonyl (C=O) groups is 5. The highest BCUT2D eigenvalue weighted by Crippen LogP contribution is 2.38. The minimum atomic E-state index is -0.331. The first kappa shape index (κ1) is 79.6. The van der Waals surface area contributed by atoms with Crippen LogP contribution < -0.4 is 40.2 Å². The largest absolute Gasteiger partial charge is 0.491 e. The number of aromatic nitrogens is 16. The van der Waals surface area contributed by atoms with E-state index in [0.717, 1.165) is 29.2 Å². The van der Waals surface area contributed by atoms with Crippen molar-refractivity contribution in [3.63, 3.8) is 0 Å². The molecule has 0 atom stereocenters. The fraction of sp³-hybridized carbons (Fsp3) is 0.149. The van der Waals surface area contributed by atoms with Crippen molar-refractivity contribution in [3.8, 4) is 45.7 Å². The number of carbonyl (C=O) groups excluding carboxylic acids is 5. The molecule has 0 radical (unpaired) electrons. The summed E-state index contributed by atoms with van der Waals surface area (Å²) in [4.78, 5) is 60.5. The van der Waals surface area contributed by atoms with Crippen LogP contribution in [0.5, 0.6) is 23.0 Å². The lowest BCUT2D eigenvalue weighted by Gasteiger charge is -2.11. The first-order valence-corrected chi connectivity index (χ1v) is 33.8. The third kappa shape index (κ3) is 23.0. The zero-order valence-electron chi connectivity index (χ0n) is 55.9. The fourth-order valence-electron chi connectivity index (χ4n) is 8.61. The molecule has 0 aliphatic rings. The molecule has 0 bridgehead atoms. The highest BCUT2D eigenvalue weighted by atomic mass is 35.5. The zero-order chi connectivity index (χ0) is 75.5. The maximum Gasteiger partial charge on any atom is 0.255 e. The van der Waals surface area contributed by atoms with Crippen LogP contribution >= 0.6 is 92.8 Å². The second kappa shape index (κ2) is 39.5. The smallest absolute Gasteiger partial charge is 0.255 e. The van der Waals surface area contributed by atoms with E-state index in [-0.39, 0.29) is 63.8 Å². The molecule has 12 aromatic rings. The van der Waals surface area contributed by atoms with E-state index < -0.39 is 0 Å². The van der Waals surface area contributed by atoms with Gasteiger partial charge in [-0.3, -0.25) is 24.0 Å². The average Bonchev–Trinajstić information content (AvgIpc) is 1.78. The topological polar surface area (TPSA) is 348 Å². The maximum atomic E-state index is 12.4. The van der Waals surface area contributed by atoms with Gasteiger partial charge in [-0.1, -0.05) is 92.8 Å². The van der Waals surface area contributed by atoms with Gasteiger partial charge >= 0.3 is 0 Å². The molecule has 105 heavy (non-hydrogen) atoms. The molecule has 542 valence electrons. The van der Waals surface area contributed by atoms with Crippen LogP contribution in [0.2, 0.25) is 40.2 Å². The van der Waals surface area contributed by atoms with Crippen molar-refractivity contribution in [1.29, 1.82) is 0 Å². The predicted octanol–water partition coefficient (Wildman–Crippen LogP) is 14.2. The molecule has 38 heteroatoms. The van der Waals surface area contributed by atoms with Gasteiger partial charge in [-0.25, -0.2) is 18.7 Å². The minimum absolute atomic E-state index is 0.286. The van der Waals surface area contributed by atoms with Gasteiger partial charge in [0.1, 0.15) is 25.3 Å². The van der Waals surface area contributed by atoms with Crippen LogP contribution in [0.15, 0.2) is 171 Å². The molecular weight excluding hydrogens is 1530 g/mol. The second-order valence-electron chi connectivity index (χ2n) is 20.9. The number of ether oxygens (including phenoxy) is 4. The molecule has 4 heterocycles. The van der Waals surface area contributed by atoms with E-state index in [1.54, 1.807) is 111 Å². The van der Waals surface area contributed by atoms with Crippen molar-refractivity contribution >= 4 is 146 Å². The predicted molar refractivity (Wildman–Crippen MR) is 399 cm³/mol. The van der Waals surface area contributed by atoms with Crippen molar-refractivity contribution in [3.05, 3.63) is 233 Å². The third-order valence-electron chi connectivity index (χ3n) is 13.4. The molecule has 30 nitrogen and oxygen atoms in total. The summed E-state index contributed by atoms with van der Waals surface area (Å²) in [5, 5.41) is 57.2. The SMILES string of the molecule is CCOc1c(Cl)cc(C(=O)Nc2ccc(-n3cnnn3)cc2)cc1Cl.CCOc1c(Cl)cc(C(=O)Nc2ccc(-n3cnnn3)cc2)cc1Cl.CCOc1c(Cl)cc(C(=O)Nc2ccc(-n3cnnn3)cc2)cc1Cl.CCOc1c(Cl)cc(C(=O)Nc2ccc(-n3cnnn3)cc2)cc1Cl.CN(C)C=O. The lowest BCUT2D eigenvalue weighted by atomic mass is 10.2. The molecule has 4 N–H and O–H groups in total. The van der Waals surface area contributed by atoms with Crippen molar-refractivity contribution in [2.75, 3.05) is 61.8 Å². The van der Waals surface area contributed by atoms with Crippen LogP contribution in [0.1, 0.15) is 69.1 Å². The number of halogens is 8. The maximum absolute atomic E-state index is 12.4. The number of anilines is 4. The number of tetrazole rings is 4. The van der Waals surface area contributed by atoms with E-state index in [1.807, 2.05) is 27.7 Å². The number of benzene rings is 8. The zero-order valence-corrected chi connectivity index (χ0v) is 61.9. The Bertz CT molecular complexity index is 4150. The van der Waals surface area contributed by atoms with Gasteiger partial charge in [-0.05, 0) is 215 Å². The van der Waals surface area contributed by atoms with E-state index in [4.69, 9.17) is 112 Å². The van der Waals surface area contributed by atoms with Crippen LogP contribution in [0, 0.1) is 0 Å². The second-order valence-corrected chi connectivity index (χ2v) is 24.2. The van der Waals surface area contributed by atoms with Gasteiger partial charge in [0.05, 0.1) is 89.4 Å². The van der Waals surface area contributed by atoms with Crippen molar-refractivity contribution in [2.24, 2.45) is 0 Å². The van der Waals surface area contributed by atoms with E-state index in [2.05, 4.69) is 83.4 Å². The summed E-state index contributed by atoms with van der Waals surface area (Å²) in [6.45, 7) is 9.02. The van der Waals surface area contributed by atoms with Crippen LogP contribution in [-0.4, -0.2) is 156 Å². The number of hydrogen-bond acceptors (Lipinski definition) is 21. The Kier molecular flexibility index (Phi) is 30.0. The number of nitrogens with zero attached hydrogens (tertiary/aromatic N) is 17. The van der Waals surface area contributed by atoms with E-state index >= 15 is 0 Å². The minimum Gasteiger partial charge on any atom is -0.491 e. The molecule has 0 fully saturated rings. The summed E-state index contributed by atoms with van der Waals surface area (Å²) in [6, 6.07) is 40.3. The Hall–Kier alpha value is -11.1. The summed E-state index contributed by atoms with van der Waals surface area (Å²) in [5.41, 5.74) is 6.89. The molecule has 0 aliphatic carbocycles. The summed E-state index contributed by atoms with van der Waals surface area (Å²) < 4.78 is 27.5. The van der Waals surface area contributed by atoms with Gasteiger partial charge in [-0.2, -0.15) is 0 Å². The first-order chi connectivity index (χ1) is 50.6. The Morgan fingerprint density at radius 2 is 0.514 bits per heavy atom. The van der Waals surface area contributed by atoms with Crippen molar-refractivity contribution in [1.82, 2.24) is 85.7 Å². The molecule has 12 rings (SSSR count). The molecule has 8 aromatic carbocycles. The normalized spacial score (nSPS) is 10.3. The van der Waals surface area contributed by atoms with Crippen LogP contribution in [0.4, 0.5) is 22.7 Å². The Labute approximate surface area is 638 Å². The van der Waals surface area contributed by atoms with Gasteiger partial charge in [0.2, 0.25) is 6.41 Å².